The lowest BCUT2D eigenvalue weighted by atomic mass is 10.0. The van der Waals surface area contributed by atoms with Gasteiger partial charge in [0.2, 0.25) is 5.95 Å². The summed E-state index contributed by atoms with van der Waals surface area (Å²) in [4.78, 5) is 18.7. The van der Waals surface area contributed by atoms with Gasteiger partial charge in [-0.3, -0.25) is 0 Å². The molecule has 2 aromatic heterocycles. The molecule has 2 N–H and O–H groups in total. The second-order valence-corrected chi connectivity index (χ2v) is 5.11. The van der Waals surface area contributed by atoms with Crippen molar-refractivity contribution in [3.63, 3.8) is 0 Å². The Morgan fingerprint density at radius 2 is 2.14 bits per heavy atom. The van der Waals surface area contributed by atoms with Gasteiger partial charge in [0.25, 0.3) is 0 Å². The van der Waals surface area contributed by atoms with Gasteiger partial charge in [-0.25, -0.2) is 4.98 Å². The Labute approximate surface area is 122 Å². The maximum absolute atomic E-state index is 4.65. The van der Waals surface area contributed by atoms with Crippen LogP contribution in [0, 0.1) is 0 Å². The summed E-state index contributed by atoms with van der Waals surface area (Å²) >= 11 is 0. The van der Waals surface area contributed by atoms with E-state index in [0.29, 0.717) is 11.6 Å². The number of hydrogen-bond acceptors (Lipinski definition) is 5. The molecule has 0 saturated heterocycles. The van der Waals surface area contributed by atoms with Crippen LogP contribution in [0.15, 0.2) is 30.6 Å². The van der Waals surface area contributed by atoms with Crippen LogP contribution in [0.2, 0.25) is 0 Å². The number of aromatic nitrogens is 4. The Bertz CT molecular complexity index is 794. The summed E-state index contributed by atoms with van der Waals surface area (Å²) in [5, 5.41) is 3.01. The van der Waals surface area contributed by atoms with Crippen LogP contribution in [0.4, 0.5) is 17.5 Å². The highest BCUT2D eigenvalue weighted by Crippen LogP contribution is 2.35. The fourth-order valence-electron chi connectivity index (χ4n) is 2.88. The molecule has 0 saturated carbocycles. The van der Waals surface area contributed by atoms with Crippen LogP contribution in [0.5, 0.6) is 0 Å². The Morgan fingerprint density at radius 3 is 3.05 bits per heavy atom. The van der Waals surface area contributed by atoms with E-state index in [1.807, 2.05) is 7.05 Å². The van der Waals surface area contributed by atoms with Crippen molar-refractivity contribution >= 4 is 28.6 Å². The Kier molecular flexibility index (Phi) is 2.73. The number of hydrogen-bond donors (Lipinski definition) is 2. The minimum atomic E-state index is 0.590. The highest BCUT2D eigenvalue weighted by atomic mass is 15.3. The van der Waals surface area contributed by atoms with Gasteiger partial charge in [-0.1, -0.05) is 18.2 Å². The third kappa shape index (κ3) is 1.91. The summed E-state index contributed by atoms with van der Waals surface area (Å²) < 4.78 is 0. The lowest BCUT2D eigenvalue weighted by Crippen LogP contribution is -2.26. The van der Waals surface area contributed by atoms with E-state index in [4.69, 9.17) is 0 Å². The number of anilines is 3. The Balaban J connectivity index is 1.93. The highest BCUT2D eigenvalue weighted by Gasteiger charge is 2.22. The van der Waals surface area contributed by atoms with Crippen LogP contribution in [-0.4, -0.2) is 33.5 Å². The maximum Gasteiger partial charge on any atom is 0.226 e. The van der Waals surface area contributed by atoms with Crippen molar-refractivity contribution in [3.05, 3.63) is 36.2 Å². The summed E-state index contributed by atoms with van der Waals surface area (Å²) in [6.07, 6.45) is 3.90. The van der Waals surface area contributed by atoms with E-state index in [0.717, 1.165) is 30.7 Å². The molecule has 3 aromatic rings. The summed E-state index contributed by atoms with van der Waals surface area (Å²) in [6, 6.07) is 8.50. The standard InChI is InChI=1S/C15H16N6/c1-16-15-19-13-12(17-9-18-13)14(20-15)21-8-4-6-10-5-2-3-7-11(10)21/h2-3,5,7,9H,4,6,8H2,1H3,(H2,16,17,18,19,20). The van der Waals surface area contributed by atoms with Crippen molar-refractivity contribution in [3.8, 4) is 0 Å². The first-order chi connectivity index (χ1) is 10.4. The van der Waals surface area contributed by atoms with Gasteiger partial charge in [0, 0.05) is 19.3 Å². The number of imidazole rings is 1. The molecular weight excluding hydrogens is 264 g/mol. The molecule has 0 aliphatic carbocycles. The second kappa shape index (κ2) is 4.73. The SMILES string of the molecule is CNc1nc(N2CCCc3ccccc32)c2[nH]cnc2n1. The number of H-pyrrole nitrogens is 1. The number of nitrogens with zero attached hydrogens (tertiary/aromatic N) is 4. The zero-order chi connectivity index (χ0) is 14.2. The Morgan fingerprint density at radius 1 is 1.24 bits per heavy atom. The molecule has 6 heteroatoms. The predicted octanol–water partition coefficient (Wildman–Crippen LogP) is 2.48. The van der Waals surface area contributed by atoms with Gasteiger partial charge in [0.05, 0.1) is 6.33 Å². The van der Waals surface area contributed by atoms with Gasteiger partial charge in [0.1, 0.15) is 5.52 Å². The largest absolute Gasteiger partial charge is 0.357 e. The predicted molar refractivity (Wildman–Crippen MR) is 83.0 cm³/mol. The topological polar surface area (TPSA) is 69.7 Å². The monoisotopic (exact) mass is 280 g/mol. The minimum Gasteiger partial charge on any atom is -0.357 e. The lowest BCUT2D eigenvalue weighted by molar-refractivity contribution is 0.761. The smallest absolute Gasteiger partial charge is 0.226 e. The van der Waals surface area contributed by atoms with Crippen LogP contribution in [0.3, 0.4) is 0 Å². The molecule has 0 fully saturated rings. The van der Waals surface area contributed by atoms with E-state index in [9.17, 15) is 0 Å². The summed E-state index contributed by atoms with van der Waals surface area (Å²) in [6.45, 7) is 0.950. The molecule has 6 nitrogen and oxygen atoms in total. The van der Waals surface area contributed by atoms with E-state index in [1.165, 1.54) is 11.3 Å². The van der Waals surface area contributed by atoms with Gasteiger partial charge < -0.3 is 15.2 Å². The first-order valence-electron chi connectivity index (χ1n) is 7.11. The Hall–Kier alpha value is -2.63. The van der Waals surface area contributed by atoms with Crippen molar-refractivity contribution < 1.29 is 0 Å². The van der Waals surface area contributed by atoms with E-state index in [2.05, 4.69) is 54.4 Å². The first-order valence-corrected chi connectivity index (χ1v) is 7.11. The van der Waals surface area contributed by atoms with Crippen LogP contribution in [0.25, 0.3) is 11.2 Å². The first kappa shape index (κ1) is 12.1. The van der Waals surface area contributed by atoms with Crippen molar-refractivity contribution in [1.82, 2.24) is 19.9 Å². The molecule has 0 unspecified atom stereocenters. The molecule has 1 aromatic carbocycles. The average molecular weight is 280 g/mol. The van der Waals surface area contributed by atoms with Crippen molar-refractivity contribution in [1.29, 1.82) is 0 Å². The number of nitrogens with one attached hydrogen (secondary N) is 2. The average Bonchev–Trinajstić information content (AvgIpc) is 3.02. The molecule has 0 radical (unpaired) electrons. The fraction of sp³-hybridized carbons (Fsp3) is 0.267. The molecule has 0 atom stereocenters. The molecular formula is C15H16N6. The van der Waals surface area contributed by atoms with Gasteiger partial charge in [-0.2, -0.15) is 9.97 Å². The van der Waals surface area contributed by atoms with E-state index < -0.39 is 0 Å². The quantitative estimate of drug-likeness (QED) is 0.754. The van der Waals surface area contributed by atoms with Crippen LogP contribution < -0.4 is 10.2 Å². The third-order valence-corrected chi connectivity index (χ3v) is 3.86. The lowest BCUT2D eigenvalue weighted by Gasteiger charge is -2.30. The molecule has 0 spiro atoms. The van der Waals surface area contributed by atoms with Crippen molar-refractivity contribution in [2.45, 2.75) is 12.8 Å². The van der Waals surface area contributed by atoms with Crippen molar-refractivity contribution in [2.75, 3.05) is 23.8 Å². The molecule has 3 heterocycles. The third-order valence-electron chi connectivity index (χ3n) is 3.86. The fourth-order valence-corrected chi connectivity index (χ4v) is 2.88. The molecule has 1 aliphatic rings. The number of benzene rings is 1. The number of aromatic amines is 1. The van der Waals surface area contributed by atoms with Gasteiger partial charge in [0.15, 0.2) is 11.5 Å². The van der Waals surface area contributed by atoms with Crippen LogP contribution in [-0.2, 0) is 6.42 Å². The summed E-state index contributed by atoms with van der Waals surface area (Å²) in [7, 11) is 1.82. The minimum absolute atomic E-state index is 0.590. The number of aryl methyl sites for hydroxylation is 1. The zero-order valence-corrected chi connectivity index (χ0v) is 11.8. The normalized spacial score (nSPS) is 14.2. The molecule has 0 bridgehead atoms. The number of rotatable bonds is 2. The van der Waals surface area contributed by atoms with Gasteiger partial charge in [-0.15, -0.1) is 0 Å². The van der Waals surface area contributed by atoms with E-state index in [1.54, 1.807) is 6.33 Å². The van der Waals surface area contributed by atoms with Crippen LogP contribution in [0.1, 0.15) is 12.0 Å². The zero-order valence-electron chi connectivity index (χ0n) is 11.8. The molecule has 1 aliphatic heterocycles. The van der Waals surface area contributed by atoms with E-state index in [-0.39, 0.29) is 0 Å². The van der Waals surface area contributed by atoms with Gasteiger partial charge in [-0.05, 0) is 24.5 Å². The van der Waals surface area contributed by atoms with Gasteiger partial charge >= 0.3 is 0 Å². The number of para-hydroxylation sites is 1. The van der Waals surface area contributed by atoms with Crippen molar-refractivity contribution in [2.24, 2.45) is 0 Å². The maximum atomic E-state index is 4.65. The summed E-state index contributed by atoms with van der Waals surface area (Å²) in [5.41, 5.74) is 4.15. The molecule has 4 rings (SSSR count). The second-order valence-electron chi connectivity index (χ2n) is 5.11. The molecule has 106 valence electrons. The van der Waals surface area contributed by atoms with E-state index >= 15 is 0 Å². The molecule has 0 amide bonds. The highest BCUT2D eigenvalue weighted by molar-refractivity contribution is 5.87. The molecule has 21 heavy (non-hydrogen) atoms. The number of fused-ring (bicyclic) bond motifs is 2. The van der Waals surface area contributed by atoms with Crippen LogP contribution >= 0.6 is 0 Å². The summed E-state index contributed by atoms with van der Waals surface area (Å²) in [5.74, 6) is 1.47.